The summed E-state index contributed by atoms with van der Waals surface area (Å²) in [5.74, 6) is 0.709. The van der Waals surface area contributed by atoms with E-state index in [1.165, 1.54) is 0 Å². The molecule has 152 valence electrons. The van der Waals surface area contributed by atoms with Crippen LogP contribution in [0.5, 0.6) is 0 Å². The quantitative estimate of drug-likeness (QED) is 0.808. The van der Waals surface area contributed by atoms with E-state index in [2.05, 4.69) is 10.3 Å². The summed E-state index contributed by atoms with van der Waals surface area (Å²) in [6.07, 6.45) is 1.09. The highest BCUT2D eigenvalue weighted by molar-refractivity contribution is 6.10. The molecule has 3 heterocycles. The van der Waals surface area contributed by atoms with Crippen LogP contribution in [0.25, 0.3) is 10.9 Å². The van der Waals surface area contributed by atoms with Gasteiger partial charge in [-0.1, -0.05) is 32.9 Å². The Kier molecular flexibility index (Phi) is 4.48. The molecule has 1 aromatic heterocycles. The van der Waals surface area contributed by atoms with Gasteiger partial charge in [0.05, 0.1) is 11.1 Å². The van der Waals surface area contributed by atoms with Gasteiger partial charge >= 0.3 is 0 Å². The molecule has 0 radical (unpaired) electrons. The van der Waals surface area contributed by atoms with E-state index >= 15 is 0 Å². The average molecular weight is 393 g/mol. The van der Waals surface area contributed by atoms with Crippen LogP contribution >= 0.6 is 0 Å². The van der Waals surface area contributed by atoms with Gasteiger partial charge in [0.2, 0.25) is 0 Å². The Morgan fingerprint density at radius 1 is 1.14 bits per heavy atom. The predicted octanol–water partition coefficient (Wildman–Crippen LogP) is 3.40. The predicted molar refractivity (Wildman–Crippen MR) is 114 cm³/mol. The Morgan fingerprint density at radius 3 is 2.45 bits per heavy atom. The van der Waals surface area contributed by atoms with E-state index < -0.39 is 5.54 Å². The lowest BCUT2D eigenvalue weighted by Gasteiger charge is -2.35. The van der Waals surface area contributed by atoms with Crippen LogP contribution in [0.2, 0.25) is 0 Å². The van der Waals surface area contributed by atoms with Gasteiger partial charge in [0.1, 0.15) is 11.4 Å². The number of aryl methyl sites for hydroxylation is 2. The first-order chi connectivity index (χ1) is 13.6. The summed E-state index contributed by atoms with van der Waals surface area (Å²) in [7, 11) is 0. The maximum absolute atomic E-state index is 13.3. The van der Waals surface area contributed by atoms with Crippen molar-refractivity contribution in [1.82, 2.24) is 15.2 Å². The molecule has 1 fully saturated rings. The number of carbonyl (C=O) groups excluding carboxylic acids is 2. The first kappa shape index (κ1) is 19.6. The highest BCUT2D eigenvalue weighted by Gasteiger charge is 2.48. The second-order valence-corrected chi connectivity index (χ2v) is 9.32. The maximum Gasteiger partial charge on any atom is 0.254 e. The SMILES string of the molecule is Cc1ccc2c(C(=O)N3CCC4(CC3)N=C(C(C)(C)C)NC4=O)cc(C)nc2c1. The first-order valence-electron chi connectivity index (χ1n) is 10.2. The number of nitrogens with zero attached hydrogens (tertiary/aromatic N) is 3. The fourth-order valence-corrected chi connectivity index (χ4v) is 4.11. The Morgan fingerprint density at radius 2 is 1.83 bits per heavy atom. The van der Waals surface area contributed by atoms with E-state index in [0.717, 1.165) is 28.0 Å². The van der Waals surface area contributed by atoms with E-state index in [4.69, 9.17) is 4.99 Å². The number of fused-ring (bicyclic) bond motifs is 1. The lowest BCUT2D eigenvalue weighted by molar-refractivity contribution is -0.125. The number of likely N-dealkylation sites (tertiary alicyclic amines) is 1. The van der Waals surface area contributed by atoms with Crippen molar-refractivity contribution in [2.45, 2.75) is 53.0 Å². The number of hydrogen-bond donors (Lipinski definition) is 1. The molecule has 29 heavy (non-hydrogen) atoms. The molecule has 0 saturated carbocycles. The van der Waals surface area contributed by atoms with Gasteiger partial charge in [0, 0.05) is 29.6 Å². The number of amidine groups is 1. The molecular weight excluding hydrogens is 364 g/mol. The third kappa shape index (κ3) is 3.41. The van der Waals surface area contributed by atoms with E-state index in [-0.39, 0.29) is 17.2 Å². The molecule has 1 spiro atoms. The lowest BCUT2D eigenvalue weighted by atomic mass is 9.87. The van der Waals surface area contributed by atoms with Crippen molar-refractivity contribution >= 4 is 28.6 Å². The number of aliphatic imine (C=N–C) groups is 1. The number of rotatable bonds is 1. The second kappa shape index (κ2) is 6.65. The number of hydrogen-bond acceptors (Lipinski definition) is 4. The summed E-state index contributed by atoms with van der Waals surface area (Å²) in [6.45, 7) is 11.1. The van der Waals surface area contributed by atoms with Crippen LogP contribution in [0, 0.1) is 19.3 Å². The van der Waals surface area contributed by atoms with Crippen LogP contribution in [-0.4, -0.2) is 46.2 Å². The average Bonchev–Trinajstić information content (AvgIpc) is 2.97. The number of nitrogens with one attached hydrogen (secondary N) is 1. The van der Waals surface area contributed by atoms with Crippen LogP contribution in [0.3, 0.4) is 0 Å². The van der Waals surface area contributed by atoms with Crippen LogP contribution in [0.1, 0.15) is 55.2 Å². The number of carbonyl (C=O) groups is 2. The number of aromatic nitrogens is 1. The van der Waals surface area contributed by atoms with E-state index in [9.17, 15) is 9.59 Å². The number of amides is 2. The summed E-state index contributed by atoms with van der Waals surface area (Å²) in [5.41, 5.74) is 2.54. The zero-order chi connectivity index (χ0) is 21.0. The third-order valence-electron chi connectivity index (χ3n) is 5.89. The van der Waals surface area contributed by atoms with Crippen molar-refractivity contribution in [3.05, 3.63) is 41.1 Å². The molecule has 6 heteroatoms. The summed E-state index contributed by atoms with van der Waals surface area (Å²) in [6, 6.07) is 7.85. The molecule has 2 amide bonds. The normalized spacial score (nSPS) is 18.9. The summed E-state index contributed by atoms with van der Waals surface area (Å²) in [5, 5.41) is 3.84. The van der Waals surface area contributed by atoms with Gasteiger partial charge in [-0.15, -0.1) is 0 Å². The van der Waals surface area contributed by atoms with Crippen LogP contribution in [-0.2, 0) is 4.79 Å². The number of pyridine rings is 1. The van der Waals surface area contributed by atoms with E-state index in [1.807, 2.05) is 63.8 Å². The Bertz CT molecular complexity index is 1040. The molecule has 0 bridgehead atoms. The van der Waals surface area contributed by atoms with Gasteiger partial charge in [-0.05, 0) is 44.4 Å². The van der Waals surface area contributed by atoms with Crippen LogP contribution in [0.15, 0.2) is 29.3 Å². The molecular formula is C23H28N4O2. The van der Waals surface area contributed by atoms with E-state index in [1.54, 1.807) is 0 Å². The number of benzene rings is 1. The zero-order valence-corrected chi connectivity index (χ0v) is 17.8. The highest BCUT2D eigenvalue weighted by atomic mass is 16.2. The number of piperidine rings is 1. The van der Waals surface area contributed by atoms with Gasteiger partial charge in [-0.3, -0.25) is 19.6 Å². The fraction of sp³-hybridized carbons (Fsp3) is 0.478. The highest BCUT2D eigenvalue weighted by Crippen LogP contribution is 2.34. The largest absolute Gasteiger partial charge is 0.338 e. The lowest BCUT2D eigenvalue weighted by Crippen LogP contribution is -2.50. The summed E-state index contributed by atoms with van der Waals surface area (Å²) >= 11 is 0. The maximum atomic E-state index is 13.3. The van der Waals surface area contributed by atoms with Gasteiger partial charge in [-0.25, -0.2) is 0 Å². The molecule has 2 aliphatic rings. The summed E-state index contributed by atoms with van der Waals surface area (Å²) < 4.78 is 0. The minimum absolute atomic E-state index is 0.00219. The van der Waals surface area contributed by atoms with Crippen molar-refractivity contribution in [1.29, 1.82) is 0 Å². The standard InChI is InChI=1S/C23H28N4O2/c1-14-6-7-16-17(13-15(2)24-18(16)12-14)19(28)27-10-8-23(9-11-27)21(29)25-20(26-23)22(3,4)5/h6-7,12-13H,8-11H2,1-5H3,(H,25,26,29). The molecule has 2 aromatic rings. The fourth-order valence-electron chi connectivity index (χ4n) is 4.11. The van der Waals surface area contributed by atoms with Crippen LogP contribution < -0.4 is 5.32 Å². The Balaban J connectivity index is 1.59. The molecule has 4 rings (SSSR count). The topological polar surface area (TPSA) is 74.7 Å². The Labute approximate surface area is 171 Å². The van der Waals surface area contributed by atoms with E-state index in [0.29, 0.717) is 31.5 Å². The molecule has 1 saturated heterocycles. The molecule has 1 aromatic carbocycles. The molecule has 0 aliphatic carbocycles. The smallest absolute Gasteiger partial charge is 0.254 e. The minimum atomic E-state index is -0.729. The van der Waals surface area contributed by atoms with Gasteiger partial charge in [0.25, 0.3) is 11.8 Å². The van der Waals surface area contributed by atoms with Crippen molar-refractivity contribution in [2.24, 2.45) is 10.4 Å². The van der Waals surface area contributed by atoms with Gasteiger partial charge < -0.3 is 10.2 Å². The summed E-state index contributed by atoms with van der Waals surface area (Å²) in [4.78, 5) is 37.2. The van der Waals surface area contributed by atoms with Crippen molar-refractivity contribution in [3.8, 4) is 0 Å². The van der Waals surface area contributed by atoms with Crippen molar-refractivity contribution in [2.75, 3.05) is 13.1 Å². The van der Waals surface area contributed by atoms with Gasteiger partial charge in [0.15, 0.2) is 0 Å². The first-order valence-corrected chi connectivity index (χ1v) is 10.2. The molecule has 0 atom stereocenters. The van der Waals surface area contributed by atoms with Gasteiger partial charge in [-0.2, -0.15) is 0 Å². The molecule has 2 aliphatic heterocycles. The van der Waals surface area contributed by atoms with Crippen LogP contribution in [0.4, 0.5) is 0 Å². The Hall–Kier alpha value is -2.76. The molecule has 6 nitrogen and oxygen atoms in total. The minimum Gasteiger partial charge on any atom is -0.338 e. The van der Waals surface area contributed by atoms with Crippen molar-refractivity contribution in [3.63, 3.8) is 0 Å². The zero-order valence-electron chi connectivity index (χ0n) is 17.8. The molecule has 1 N–H and O–H groups in total. The monoisotopic (exact) mass is 392 g/mol. The second-order valence-electron chi connectivity index (χ2n) is 9.32. The van der Waals surface area contributed by atoms with Crippen molar-refractivity contribution < 1.29 is 9.59 Å². The third-order valence-corrected chi connectivity index (χ3v) is 5.89. The molecule has 0 unspecified atom stereocenters.